The van der Waals surface area contributed by atoms with Crippen molar-refractivity contribution in [3.05, 3.63) is 65.9 Å². The fourth-order valence-electron chi connectivity index (χ4n) is 2.78. The standard InChI is InChI=1S/C21H24N2O/c1-21(2,3)17-8-4-15(5-9-17)6-11-20(24)23-18-10-7-16-12-13-22-19(16)14-18/h4-5,7-10,12-14,22H,6,11H2,1-3H3,(H,23,24). The highest BCUT2D eigenvalue weighted by Crippen LogP contribution is 2.22. The van der Waals surface area contributed by atoms with Gasteiger partial charge in [-0.15, -0.1) is 0 Å². The normalized spacial score (nSPS) is 11.6. The van der Waals surface area contributed by atoms with Crippen molar-refractivity contribution in [1.82, 2.24) is 4.98 Å². The van der Waals surface area contributed by atoms with Crippen molar-refractivity contribution in [3.63, 3.8) is 0 Å². The number of hydrogen-bond acceptors (Lipinski definition) is 1. The Balaban J connectivity index is 1.57. The first-order chi connectivity index (χ1) is 11.4. The van der Waals surface area contributed by atoms with Crippen LogP contribution in [0.15, 0.2) is 54.7 Å². The molecular formula is C21H24N2O. The molecule has 2 aromatic carbocycles. The number of rotatable bonds is 4. The van der Waals surface area contributed by atoms with E-state index in [-0.39, 0.29) is 11.3 Å². The van der Waals surface area contributed by atoms with E-state index >= 15 is 0 Å². The molecule has 0 aliphatic heterocycles. The number of anilines is 1. The molecule has 0 radical (unpaired) electrons. The summed E-state index contributed by atoms with van der Waals surface area (Å²) in [6, 6.07) is 16.5. The van der Waals surface area contributed by atoms with Gasteiger partial charge in [0.25, 0.3) is 0 Å². The monoisotopic (exact) mass is 320 g/mol. The lowest BCUT2D eigenvalue weighted by atomic mass is 9.86. The zero-order valence-corrected chi connectivity index (χ0v) is 14.5. The molecule has 2 N–H and O–H groups in total. The molecule has 0 spiro atoms. The smallest absolute Gasteiger partial charge is 0.224 e. The Morgan fingerprint density at radius 3 is 2.50 bits per heavy atom. The summed E-state index contributed by atoms with van der Waals surface area (Å²) in [5, 5.41) is 4.12. The predicted octanol–water partition coefficient (Wildman–Crippen LogP) is 5.04. The van der Waals surface area contributed by atoms with Crippen molar-refractivity contribution in [2.75, 3.05) is 5.32 Å². The topological polar surface area (TPSA) is 44.9 Å². The maximum absolute atomic E-state index is 12.2. The van der Waals surface area contributed by atoms with E-state index in [1.807, 2.05) is 30.5 Å². The van der Waals surface area contributed by atoms with E-state index in [0.29, 0.717) is 6.42 Å². The molecule has 124 valence electrons. The second-order valence-corrected chi connectivity index (χ2v) is 7.27. The third-order valence-corrected chi connectivity index (χ3v) is 4.30. The lowest BCUT2D eigenvalue weighted by molar-refractivity contribution is -0.116. The summed E-state index contributed by atoms with van der Waals surface area (Å²) in [6.07, 6.45) is 3.14. The van der Waals surface area contributed by atoms with Gasteiger partial charge in [0.1, 0.15) is 0 Å². The van der Waals surface area contributed by atoms with Gasteiger partial charge in [0.2, 0.25) is 5.91 Å². The summed E-state index contributed by atoms with van der Waals surface area (Å²) >= 11 is 0. The Hall–Kier alpha value is -2.55. The number of hydrogen-bond donors (Lipinski definition) is 2. The number of aromatic amines is 1. The second-order valence-electron chi connectivity index (χ2n) is 7.27. The van der Waals surface area contributed by atoms with Crippen LogP contribution in [0.4, 0.5) is 5.69 Å². The molecule has 0 unspecified atom stereocenters. The van der Waals surface area contributed by atoms with Crippen LogP contribution in [0.3, 0.4) is 0 Å². The number of H-pyrrole nitrogens is 1. The van der Waals surface area contributed by atoms with Gasteiger partial charge in [-0.3, -0.25) is 4.79 Å². The van der Waals surface area contributed by atoms with Crippen molar-refractivity contribution in [2.45, 2.75) is 39.0 Å². The number of benzene rings is 2. The first-order valence-electron chi connectivity index (χ1n) is 8.38. The quantitative estimate of drug-likeness (QED) is 0.695. The van der Waals surface area contributed by atoms with E-state index in [0.717, 1.165) is 23.0 Å². The Morgan fingerprint density at radius 2 is 1.79 bits per heavy atom. The van der Waals surface area contributed by atoms with Crippen LogP contribution in [-0.4, -0.2) is 10.9 Å². The highest BCUT2D eigenvalue weighted by Gasteiger charge is 2.13. The molecule has 0 saturated carbocycles. The average molecular weight is 320 g/mol. The predicted molar refractivity (Wildman–Crippen MR) is 100 cm³/mol. The Bertz CT molecular complexity index is 838. The summed E-state index contributed by atoms with van der Waals surface area (Å²) in [5.74, 6) is 0.0424. The molecule has 1 amide bonds. The van der Waals surface area contributed by atoms with Crippen LogP contribution in [0.2, 0.25) is 0 Å². The first-order valence-corrected chi connectivity index (χ1v) is 8.38. The molecule has 0 saturated heterocycles. The van der Waals surface area contributed by atoms with Gasteiger partial charge in [0.15, 0.2) is 0 Å². The SMILES string of the molecule is CC(C)(C)c1ccc(CCC(=O)Nc2ccc3cc[nH]c3c2)cc1. The van der Waals surface area contributed by atoms with Gasteiger partial charge in [-0.05, 0) is 46.5 Å². The number of nitrogens with one attached hydrogen (secondary N) is 2. The van der Waals surface area contributed by atoms with Crippen LogP contribution in [0, 0.1) is 0 Å². The molecular weight excluding hydrogens is 296 g/mol. The number of carbonyl (C=O) groups excluding carboxylic acids is 1. The fraction of sp³-hybridized carbons (Fsp3) is 0.286. The van der Waals surface area contributed by atoms with E-state index < -0.39 is 0 Å². The Morgan fingerprint density at radius 1 is 1.04 bits per heavy atom. The third kappa shape index (κ3) is 3.85. The maximum Gasteiger partial charge on any atom is 0.224 e. The Labute approximate surface area is 143 Å². The van der Waals surface area contributed by atoms with Crippen molar-refractivity contribution >= 4 is 22.5 Å². The fourth-order valence-corrected chi connectivity index (χ4v) is 2.78. The molecule has 3 rings (SSSR count). The zero-order chi connectivity index (χ0) is 17.2. The highest BCUT2D eigenvalue weighted by molar-refractivity contribution is 5.93. The van der Waals surface area contributed by atoms with E-state index in [2.05, 4.69) is 55.3 Å². The van der Waals surface area contributed by atoms with Crippen LogP contribution >= 0.6 is 0 Å². The Kier molecular flexibility index (Phi) is 4.43. The molecule has 1 heterocycles. The molecule has 0 bridgehead atoms. The zero-order valence-electron chi connectivity index (χ0n) is 14.5. The molecule has 0 aliphatic carbocycles. The minimum atomic E-state index is 0.0424. The van der Waals surface area contributed by atoms with Crippen molar-refractivity contribution in [2.24, 2.45) is 0 Å². The van der Waals surface area contributed by atoms with E-state index in [1.54, 1.807) is 0 Å². The molecule has 3 heteroatoms. The molecule has 3 nitrogen and oxygen atoms in total. The van der Waals surface area contributed by atoms with Crippen LogP contribution in [0.5, 0.6) is 0 Å². The number of carbonyl (C=O) groups is 1. The van der Waals surface area contributed by atoms with Crippen LogP contribution in [-0.2, 0) is 16.6 Å². The minimum Gasteiger partial charge on any atom is -0.361 e. The third-order valence-electron chi connectivity index (χ3n) is 4.30. The van der Waals surface area contributed by atoms with Gasteiger partial charge in [-0.25, -0.2) is 0 Å². The summed E-state index contributed by atoms with van der Waals surface area (Å²) in [5.41, 5.74) is 4.53. The van der Waals surface area contributed by atoms with Gasteiger partial charge in [-0.1, -0.05) is 51.1 Å². The minimum absolute atomic E-state index is 0.0424. The highest BCUT2D eigenvalue weighted by atomic mass is 16.1. The molecule has 0 fully saturated rings. The van der Waals surface area contributed by atoms with Gasteiger partial charge in [0.05, 0.1) is 0 Å². The van der Waals surface area contributed by atoms with Crippen LogP contribution < -0.4 is 5.32 Å². The molecule has 1 aromatic heterocycles. The largest absolute Gasteiger partial charge is 0.361 e. The number of amides is 1. The lowest BCUT2D eigenvalue weighted by Crippen LogP contribution is -2.13. The van der Waals surface area contributed by atoms with Crippen molar-refractivity contribution in [1.29, 1.82) is 0 Å². The van der Waals surface area contributed by atoms with Crippen LogP contribution in [0.1, 0.15) is 38.3 Å². The van der Waals surface area contributed by atoms with Gasteiger partial charge < -0.3 is 10.3 Å². The summed E-state index contributed by atoms with van der Waals surface area (Å²) in [6.45, 7) is 6.61. The van der Waals surface area contributed by atoms with Crippen molar-refractivity contribution in [3.8, 4) is 0 Å². The number of fused-ring (bicyclic) bond motifs is 1. The summed E-state index contributed by atoms with van der Waals surface area (Å²) < 4.78 is 0. The molecule has 0 aliphatic rings. The van der Waals surface area contributed by atoms with E-state index in [9.17, 15) is 4.79 Å². The number of aromatic nitrogens is 1. The maximum atomic E-state index is 12.2. The summed E-state index contributed by atoms with van der Waals surface area (Å²) in [7, 11) is 0. The van der Waals surface area contributed by atoms with Gasteiger partial charge in [0, 0.05) is 23.8 Å². The second kappa shape index (κ2) is 6.52. The average Bonchev–Trinajstić information content (AvgIpc) is 3.00. The van der Waals surface area contributed by atoms with Crippen molar-refractivity contribution < 1.29 is 4.79 Å². The van der Waals surface area contributed by atoms with E-state index in [1.165, 1.54) is 11.1 Å². The summed E-state index contributed by atoms with van der Waals surface area (Å²) in [4.78, 5) is 15.3. The molecule has 3 aromatic rings. The first kappa shape index (κ1) is 16.3. The van der Waals surface area contributed by atoms with E-state index in [4.69, 9.17) is 0 Å². The van der Waals surface area contributed by atoms with Gasteiger partial charge in [-0.2, -0.15) is 0 Å². The molecule has 24 heavy (non-hydrogen) atoms. The van der Waals surface area contributed by atoms with Crippen LogP contribution in [0.25, 0.3) is 10.9 Å². The number of aryl methyl sites for hydroxylation is 1. The molecule has 0 atom stereocenters. The van der Waals surface area contributed by atoms with Gasteiger partial charge >= 0.3 is 0 Å². The lowest BCUT2D eigenvalue weighted by Gasteiger charge is -2.19.